The number of nitrogens with one attached hydrogen (secondary N) is 1. The number of rotatable bonds is 2. The first-order valence-corrected chi connectivity index (χ1v) is 4.77. The second-order valence-corrected chi connectivity index (χ2v) is 3.35. The number of halogens is 1. The zero-order valence-electron chi connectivity index (χ0n) is 8.33. The maximum Gasteiger partial charge on any atom is 0.271 e. The number of imidazole rings is 1. The minimum absolute atomic E-state index is 0.113. The fourth-order valence-electron chi connectivity index (χ4n) is 1.25. The largest absolute Gasteiger partial charge is 0.409 e. The Bertz CT molecular complexity index is 631. The van der Waals surface area contributed by atoms with Crippen LogP contribution in [-0.2, 0) is 0 Å². The van der Waals surface area contributed by atoms with E-state index < -0.39 is 5.56 Å². The molecule has 0 amide bonds. The van der Waals surface area contributed by atoms with Crippen LogP contribution in [0.2, 0.25) is 5.02 Å². The highest BCUT2D eigenvalue weighted by Gasteiger charge is 2.14. The summed E-state index contributed by atoms with van der Waals surface area (Å²) in [7, 11) is 0. The van der Waals surface area contributed by atoms with E-state index in [1.54, 1.807) is 0 Å². The van der Waals surface area contributed by atoms with Crippen molar-refractivity contribution in [2.75, 3.05) is 0 Å². The number of nitrogens with two attached hydrogens (primary N) is 1. The van der Waals surface area contributed by atoms with E-state index >= 15 is 0 Å². The second-order valence-electron chi connectivity index (χ2n) is 2.98. The SMILES string of the molecule is N/C(=N/O)c1nccn1-c1nc[nH]c(=O)c1Cl. The summed E-state index contributed by atoms with van der Waals surface area (Å²) in [6.45, 7) is 0. The third kappa shape index (κ3) is 1.85. The van der Waals surface area contributed by atoms with Crippen molar-refractivity contribution < 1.29 is 5.21 Å². The van der Waals surface area contributed by atoms with Gasteiger partial charge in [0.2, 0.25) is 5.84 Å². The van der Waals surface area contributed by atoms with E-state index in [-0.39, 0.29) is 22.5 Å². The van der Waals surface area contributed by atoms with Gasteiger partial charge in [0.05, 0.1) is 6.33 Å². The van der Waals surface area contributed by atoms with Gasteiger partial charge in [-0.1, -0.05) is 16.8 Å². The molecule has 0 atom stereocenters. The Labute approximate surface area is 99.4 Å². The summed E-state index contributed by atoms with van der Waals surface area (Å²) >= 11 is 5.81. The van der Waals surface area contributed by atoms with Gasteiger partial charge in [-0.05, 0) is 0 Å². The molecule has 0 aliphatic rings. The number of hydrogen-bond donors (Lipinski definition) is 3. The molecule has 0 spiro atoms. The first kappa shape index (κ1) is 11.1. The number of nitrogens with zero attached hydrogens (tertiary/aromatic N) is 4. The van der Waals surface area contributed by atoms with E-state index in [1.165, 1.54) is 23.3 Å². The molecule has 2 aromatic rings. The fraction of sp³-hybridized carbons (Fsp3) is 0. The van der Waals surface area contributed by atoms with Crippen molar-refractivity contribution in [1.82, 2.24) is 19.5 Å². The van der Waals surface area contributed by atoms with E-state index in [4.69, 9.17) is 22.5 Å². The predicted octanol–water partition coefficient (Wildman–Crippen LogP) is -0.297. The van der Waals surface area contributed by atoms with Crippen LogP contribution in [0.25, 0.3) is 5.82 Å². The molecule has 9 heteroatoms. The molecule has 17 heavy (non-hydrogen) atoms. The van der Waals surface area contributed by atoms with Gasteiger partial charge < -0.3 is 15.9 Å². The van der Waals surface area contributed by atoms with Gasteiger partial charge in [-0.25, -0.2) is 9.97 Å². The van der Waals surface area contributed by atoms with Gasteiger partial charge in [-0.3, -0.25) is 9.36 Å². The molecule has 88 valence electrons. The molecule has 4 N–H and O–H groups in total. The highest BCUT2D eigenvalue weighted by molar-refractivity contribution is 6.32. The lowest BCUT2D eigenvalue weighted by Crippen LogP contribution is -2.21. The Kier molecular flexibility index (Phi) is 2.79. The number of aromatic amines is 1. The van der Waals surface area contributed by atoms with Gasteiger partial charge in [-0.15, -0.1) is 0 Å². The summed E-state index contributed by atoms with van der Waals surface area (Å²) in [5.41, 5.74) is 4.93. The molecule has 8 nitrogen and oxygen atoms in total. The van der Waals surface area contributed by atoms with Crippen molar-refractivity contribution >= 4 is 17.4 Å². The molecule has 0 aliphatic heterocycles. The Morgan fingerprint density at radius 1 is 1.59 bits per heavy atom. The number of aromatic nitrogens is 4. The van der Waals surface area contributed by atoms with E-state index in [9.17, 15) is 4.79 Å². The molecule has 2 rings (SSSR count). The Morgan fingerprint density at radius 3 is 3.06 bits per heavy atom. The Balaban J connectivity index is 2.66. The van der Waals surface area contributed by atoms with E-state index in [2.05, 4.69) is 20.1 Å². The third-order valence-electron chi connectivity index (χ3n) is 1.98. The quantitative estimate of drug-likeness (QED) is 0.294. The number of hydrogen-bond acceptors (Lipinski definition) is 5. The normalized spacial score (nSPS) is 11.7. The number of amidine groups is 1. The zero-order chi connectivity index (χ0) is 12.4. The van der Waals surface area contributed by atoms with Gasteiger partial charge in [0.1, 0.15) is 5.02 Å². The van der Waals surface area contributed by atoms with Crippen molar-refractivity contribution in [3.63, 3.8) is 0 Å². The minimum atomic E-state index is -0.490. The Morgan fingerprint density at radius 2 is 2.35 bits per heavy atom. The van der Waals surface area contributed by atoms with Crippen LogP contribution in [0.4, 0.5) is 0 Å². The molecule has 0 radical (unpaired) electrons. The lowest BCUT2D eigenvalue weighted by Gasteiger charge is -2.06. The summed E-state index contributed by atoms with van der Waals surface area (Å²) in [6, 6.07) is 0. The van der Waals surface area contributed by atoms with Crippen LogP contribution >= 0.6 is 11.6 Å². The summed E-state index contributed by atoms with van der Waals surface area (Å²) in [5, 5.41) is 11.3. The van der Waals surface area contributed by atoms with E-state index in [0.29, 0.717) is 0 Å². The molecular formula is C8H7ClN6O2. The second kappa shape index (κ2) is 4.26. The zero-order valence-corrected chi connectivity index (χ0v) is 9.09. The van der Waals surface area contributed by atoms with Gasteiger partial charge in [0, 0.05) is 12.4 Å². The summed E-state index contributed by atoms with van der Waals surface area (Å²) in [6.07, 6.45) is 4.09. The molecule has 0 bridgehead atoms. The maximum atomic E-state index is 11.3. The summed E-state index contributed by atoms with van der Waals surface area (Å²) in [4.78, 5) is 21.4. The van der Waals surface area contributed by atoms with Crippen LogP contribution in [0.5, 0.6) is 0 Å². The van der Waals surface area contributed by atoms with Gasteiger partial charge >= 0.3 is 0 Å². The van der Waals surface area contributed by atoms with Crippen LogP contribution in [0.15, 0.2) is 28.7 Å². The molecular weight excluding hydrogens is 248 g/mol. The predicted molar refractivity (Wildman–Crippen MR) is 59.5 cm³/mol. The average Bonchev–Trinajstić information content (AvgIpc) is 2.80. The van der Waals surface area contributed by atoms with Crippen molar-refractivity contribution in [2.45, 2.75) is 0 Å². The summed E-state index contributed by atoms with van der Waals surface area (Å²) < 4.78 is 1.34. The first-order valence-electron chi connectivity index (χ1n) is 4.40. The Hall–Kier alpha value is -2.35. The highest BCUT2D eigenvalue weighted by Crippen LogP contribution is 2.14. The van der Waals surface area contributed by atoms with Crippen LogP contribution < -0.4 is 11.3 Å². The van der Waals surface area contributed by atoms with E-state index in [0.717, 1.165) is 0 Å². The maximum absolute atomic E-state index is 11.3. The third-order valence-corrected chi connectivity index (χ3v) is 2.32. The topological polar surface area (TPSA) is 122 Å². The van der Waals surface area contributed by atoms with Crippen molar-refractivity contribution in [1.29, 1.82) is 0 Å². The fourth-order valence-corrected chi connectivity index (χ4v) is 1.44. The highest BCUT2D eigenvalue weighted by atomic mass is 35.5. The van der Waals surface area contributed by atoms with Crippen molar-refractivity contribution in [3.05, 3.63) is 39.9 Å². The lowest BCUT2D eigenvalue weighted by atomic mass is 10.5. The molecule has 0 aliphatic carbocycles. The standard InChI is InChI=1S/C8H7ClN6O2/c9-4-6(12-3-13-8(4)16)15-2-1-11-7(15)5(10)14-17/h1-3,17H,(H2,10,14)(H,12,13,16). The van der Waals surface area contributed by atoms with E-state index in [1.807, 2.05) is 0 Å². The van der Waals surface area contributed by atoms with Gasteiger partial charge in [-0.2, -0.15) is 0 Å². The molecule has 0 fully saturated rings. The average molecular weight is 255 g/mol. The van der Waals surface area contributed by atoms with Gasteiger partial charge in [0.15, 0.2) is 11.6 Å². The molecule has 0 saturated heterocycles. The van der Waals surface area contributed by atoms with Crippen LogP contribution in [-0.4, -0.2) is 30.6 Å². The van der Waals surface area contributed by atoms with Crippen molar-refractivity contribution in [2.24, 2.45) is 10.9 Å². The summed E-state index contributed by atoms with van der Waals surface area (Å²) in [5.74, 6) is 0.0650. The van der Waals surface area contributed by atoms with Crippen LogP contribution in [0.3, 0.4) is 0 Å². The first-order chi connectivity index (χ1) is 8.15. The molecule has 2 heterocycles. The monoisotopic (exact) mass is 254 g/mol. The number of H-pyrrole nitrogens is 1. The smallest absolute Gasteiger partial charge is 0.271 e. The molecule has 0 aromatic carbocycles. The molecule has 0 unspecified atom stereocenters. The molecule has 0 saturated carbocycles. The van der Waals surface area contributed by atoms with Crippen LogP contribution in [0.1, 0.15) is 5.82 Å². The molecule has 2 aromatic heterocycles. The van der Waals surface area contributed by atoms with Crippen molar-refractivity contribution in [3.8, 4) is 5.82 Å². The van der Waals surface area contributed by atoms with Gasteiger partial charge in [0.25, 0.3) is 5.56 Å². The van der Waals surface area contributed by atoms with Crippen LogP contribution in [0, 0.1) is 0 Å². The lowest BCUT2D eigenvalue weighted by molar-refractivity contribution is 0.318. The minimum Gasteiger partial charge on any atom is -0.409 e. The number of oxime groups is 1.